The number of nitrogens with one attached hydrogen (secondary N) is 2. The second-order valence-electron chi connectivity index (χ2n) is 5.58. The molecular formula is C14H16N4O3. The van der Waals surface area contributed by atoms with Crippen molar-refractivity contribution in [3.8, 4) is 0 Å². The molecule has 3 N–H and O–H groups in total. The normalized spacial score (nSPS) is 11.2. The van der Waals surface area contributed by atoms with Gasteiger partial charge in [0.05, 0.1) is 11.3 Å². The van der Waals surface area contributed by atoms with Crippen molar-refractivity contribution >= 4 is 17.6 Å². The number of aromatic nitrogens is 3. The number of carboxylic acids is 1. The van der Waals surface area contributed by atoms with E-state index >= 15 is 0 Å². The third kappa shape index (κ3) is 3.25. The smallest absolute Gasteiger partial charge is 0.337 e. The lowest BCUT2D eigenvalue weighted by molar-refractivity contribution is 0.0698. The Morgan fingerprint density at radius 2 is 1.90 bits per heavy atom. The third-order valence-electron chi connectivity index (χ3n) is 2.82. The Hall–Kier alpha value is -2.70. The first-order valence-corrected chi connectivity index (χ1v) is 6.36. The van der Waals surface area contributed by atoms with Crippen molar-refractivity contribution < 1.29 is 9.90 Å². The average Bonchev–Trinajstić information content (AvgIpc) is 2.37. The van der Waals surface area contributed by atoms with Gasteiger partial charge in [0.15, 0.2) is 0 Å². The highest BCUT2D eigenvalue weighted by Crippen LogP contribution is 2.19. The van der Waals surface area contributed by atoms with Gasteiger partial charge in [-0.25, -0.2) is 4.79 Å². The molecule has 7 heteroatoms. The molecule has 1 aromatic heterocycles. The van der Waals surface area contributed by atoms with E-state index in [9.17, 15) is 9.59 Å². The minimum Gasteiger partial charge on any atom is -0.478 e. The molecule has 1 aromatic carbocycles. The molecule has 0 aliphatic carbocycles. The van der Waals surface area contributed by atoms with E-state index in [4.69, 9.17) is 5.11 Å². The van der Waals surface area contributed by atoms with Gasteiger partial charge in [-0.3, -0.25) is 9.78 Å². The molecule has 0 unspecified atom stereocenters. The van der Waals surface area contributed by atoms with Crippen molar-refractivity contribution in [3.63, 3.8) is 0 Å². The number of aromatic carboxylic acids is 1. The van der Waals surface area contributed by atoms with Crippen molar-refractivity contribution in [2.24, 2.45) is 0 Å². The fraction of sp³-hybridized carbons (Fsp3) is 0.286. The summed E-state index contributed by atoms with van der Waals surface area (Å²) < 4.78 is 0. The maximum Gasteiger partial charge on any atom is 0.337 e. The molecule has 1 heterocycles. The Kier molecular flexibility index (Phi) is 3.75. The van der Waals surface area contributed by atoms with E-state index in [0.717, 1.165) is 0 Å². The van der Waals surface area contributed by atoms with Crippen LogP contribution in [0.1, 0.15) is 36.8 Å². The summed E-state index contributed by atoms with van der Waals surface area (Å²) in [5.41, 5.74) is -0.0381. The lowest BCUT2D eigenvalue weighted by Gasteiger charge is -2.15. The molecule has 21 heavy (non-hydrogen) atoms. The predicted octanol–water partition coefficient (Wildman–Crippen LogP) is 1.90. The van der Waals surface area contributed by atoms with E-state index in [2.05, 4.69) is 20.5 Å². The zero-order chi connectivity index (χ0) is 15.6. The van der Waals surface area contributed by atoms with Gasteiger partial charge in [-0.05, 0) is 12.1 Å². The Labute approximate surface area is 121 Å². The number of aromatic amines is 1. The number of H-pyrrole nitrogens is 1. The van der Waals surface area contributed by atoms with Gasteiger partial charge in [-0.15, -0.1) is 10.2 Å². The van der Waals surface area contributed by atoms with E-state index in [1.165, 1.54) is 6.07 Å². The molecule has 7 nitrogen and oxygen atoms in total. The van der Waals surface area contributed by atoms with Crippen LogP contribution in [-0.4, -0.2) is 26.3 Å². The SMILES string of the molecule is CC(C)(C)c1nnc(Nc2ccccc2C(=O)O)[nH]c1=O. The van der Waals surface area contributed by atoms with Gasteiger partial charge in [-0.2, -0.15) is 0 Å². The number of carbonyl (C=O) groups is 1. The molecular weight excluding hydrogens is 272 g/mol. The summed E-state index contributed by atoms with van der Waals surface area (Å²) in [6, 6.07) is 6.34. The minimum atomic E-state index is -1.07. The van der Waals surface area contributed by atoms with E-state index in [1.54, 1.807) is 18.2 Å². The molecule has 2 rings (SSSR count). The Bertz CT molecular complexity index is 731. The zero-order valence-electron chi connectivity index (χ0n) is 12.0. The molecule has 110 valence electrons. The highest BCUT2D eigenvalue weighted by molar-refractivity contribution is 5.94. The minimum absolute atomic E-state index is 0.0834. The van der Waals surface area contributed by atoms with Crippen LogP contribution in [0.15, 0.2) is 29.1 Å². The standard InChI is InChI=1S/C14H16N4O3/c1-14(2,3)10-11(19)16-13(18-17-10)15-9-7-5-4-6-8(9)12(20)21/h4-7H,1-3H3,(H,20,21)(H2,15,16,18,19). The van der Waals surface area contributed by atoms with Crippen LogP contribution in [0.5, 0.6) is 0 Å². The number of carboxylic acid groups (broad SMARTS) is 1. The van der Waals surface area contributed by atoms with Gasteiger partial charge >= 0.3 is 5.97 Å². The van der Waals surface area contributed by atoms with E-state index in [0.29, 0.717) is 11.4 Å². The average molecular weight is 288 g/mol. The molecule has 0 aliphatic rings. The molecule has 0 fully saturated rings. The second kappa shape index (κ2) is 5.35. The maximum atomic E-state index is 12.0. The first-order valence-electron chi connectivity index (χ1n) is 6.36. The molecule has 0 radical (unpaired) electrons. The summed E-state index contributed by atoms with van der Waals surface area (Å²) in [6.45, 7) is 5.58. The Balaban J connectivity index is 2.36. The fourth-order valence-electron chi connectivity index (χ4n) is 1.79. The molecule has 0 bridgehead atoms. The number of anilines is 2. The summed E-state index contributed by atoms with van der Waals surface area (Å²) >= 11 is 0. The molecule has 0 atom stereocenters. The largest absolute Gasteiger partial charge is 0.478 e. The van der Waals surface area contributed by atoms with Crippen LogP contribution < -0.4 is 10.9 Å². The Morgan fingerprint density at radius 3 is 2.48 bits per heavy atom. The molecule has 0 aliphatic heterocycles. The van der Waals surface area contributed by atoms with Crippen LogP contribution in [-0.2, 0) is 5.41 Å². The van der Waals surface area contributed by atoms with Gasteiger partial charge < -0.3 is 10.4 Å². The van der Waals surface area contributed by atoms with Crippen LogP contribution >= 0.6 is 0 Å². The number of hydrogen-bond donors (Lipinski definition) is 3. The lowest BCUT2D eigenvalue weighted by atomic mass is 9.93. The zero-order valence-corrected chi connectivity index (χ0v) is 12.0. The fourth-order valence-corrected chi connectivity index (χ4v) is 1.79. The summed E-state index contributed by atoms with van der Waals surface area (Å²) in [4.78, 5) is 25.7. The highest BCUT2D eigenvalue weighted by atomic mass is 16.4. The van der Waals surface area contributed by atoms with Gasteiger partial charge in [0.2, 0.25) is 5.95 Å². The lowest BCUT2D eigenvalue weighted by Crippen LogP contribution is -2.28. The number of nitrogens with zero attached hydrogens (tertiary/aromatic N) is 2. The van der Waals surface area contributed by atoms with Crippen LogP contribution in [0.2, 0.25) is 0 Å². The van der Waals surface area contributed by atoms with Crippen molar-refractivity contribution in [1.82, 2.24) is 15.2 Å². The third-order valence-corrected chi connectivity index (χ3v) is 2.82. The van der Waals surface area contributed by atoms with E-state index in [1.807, 2.05) is 20.8 Å². The van der Waals surface area contributed by atoms with Gasteiger partial charge in [0.25, 0.3) is 5.56 Å². The second-order valence-corrected chi connectivity index (χ2v) is 5.58. The Morgan fingerprint density at radius 1 is 1.24 bits per heavy atom. The summed E-state index contributed by atoms with van der Waals surface area (Å²) in [5, 5.41) is 19.7. The topological polar surface area (TPSA) is 108 Å². The van der Waals surface area contributed by atoms with E-state index < -0.39 is 11.4 Å². The van der Waals surface area contributed by atoms with Gasteiger partial charge in [-0.1, -0.05) is 32.9 Å². The number of hydrogen-bond acceptors (Lipinski definition) is 5. The molecule has 2 aromatic rings. The van der Waals surface area contributed by atoms with Crippen molar-refractivity contribution in [2.45, 2.75) is 26.2 Å². The van der Waals surface area contributed by atoms with Crippen LogP contribution in [0.3, 0.4) is 0 Å². The number of benzene rings is 1. The van der Waals surface area contributed by atoms with Crippen molar-refractivity contribution in [2.75, 3.05) is 5.32 Å². The maximum absolute atomic E-state index is 12.0. The van der Waals surface area contributed by atoms with Crippen molar-refractivity contribution in [3.05, 3.63) is 45.9 Å². The molecule has 0 saturated carbocycles. The molecule has 0 saturated heterocycles. The van der Waals surface area contributed by atoms with Gasteiger partial charge in [0.1, 0.15) is 5.69 Å². The van der Waals surface area contributed by atoms with Crippen LogP contribution in [0, 0.1) is 0 Å². The van der Waals surface area contributed by atoms with Crippen LogP contribution in [0.4, 0.5) is 11.6 Å². The molecule has 0 amide bonds. The predicted molar refractivity (Wildman–Crippen MR) is 78.0 cm³/mol. The first kappa shape index (κ1) is 14.7. The van der Waals surface area contributed by atoms with Gasteiger partial charge in [0, 0.05) is 5.41 Å². The quantitative estimate of drug-likeness (QED) is 0.796. The first-order chi connectivity index (χ1) is 9.79. The highest BCUT2D eigenvalue weighted by Gasteiger charge is 2.20. The summed E-state index contributed by atoms with van der Waals surface area (Å²) in [6.07, 6.45) is 0. The summed E-state index contributed by atoms with van der Waals surface area (Å²) in [7, 11) is 0. The number of para-hydroxylation sites is 1. The van der Waals surface area contributed by atoms with Crippen molar-refractivity contribution in [1.29, 1.82) is 0 Å². The van der Waals surface area contributed by atoms with Crippen LogP contribution in [0.25, 0.3) is 0 Å². The monoisotopic (exact) mass is 288 g/mol. The molecule has 0 spiro atoms. The number of rotatable bonds is 3. The van der Waals surface area contributed by atoms with E-state index in [-0.39, 0.29) is 17.1 Å². The summed E-state index contributed by atoms with van der Waals surface area (Å²) in [5.74, 6) is -0.971.